The number of hydrogen-bond acceptors (Lipinski definition) is 8. The number of amides is 1. The summed E-state index contributed by atoms with van der Waals surface area (Å²) in [7, 11) is 1.38. The molecular weight excluding hydrogens is 396 g/mol. The van der Waals surface area contributed by atoms with E-state index in [1.54, 1.807) is 19.3 Å². The number of nitro benzene ring substituents is 1. The smallest absolute Gasteiger partial charge is 0.286 e. The molecule has 2 heterocycles. The van der Waals surface area contributed by atoms with Crippen molar-refractivity contribution in [2.75, 3.05) is 13.7 Å². The average molecular weight is 414 g/mol. The molecule has 0 bridgehead atoms. The molecule has 29 heavy (non-hydrogen) atoms. The Bertz CT molecular complexity index is 1020. The molecule has 1 N–H and O–H groups in total. The van der Waals surface area contributed by atoms with Gasteiger partial charge in [0.15, 0.2) is 11.5 Å². The molecule has 10 heteroatoms. The van der Waals surface area contributed by atoms with Gasteiger partial charge in [-0.2, -0.15) is 0 Å². The van der Waals surface area contributed by atoms with Gasteiger partial charge in [0.2, 0.25) is 0 Å². The van der Waals surface area contributed by atoms with Crippen LogP contribution in [0.2, 0.25) is 0 Å². The van der Waals surface area contributed by atoms with Crippen molar-refractivity contribution in [3.05, 3.63) is 62.7 Å². The number of hydrogen-bond donors (Lipinski definition) is 1. The van der Waals surface area contributed by atoms with E-state index in [1.807, 2.05) is 17.5 Å². The molecule has 1 amide bonds. The van der Waals surface area contributed by atoms with Gasteiger partial charge in [-0.15, -0.1) is 11.3 Å². The third kappa shape index (κ3) is 4.66. The Morgan fingerprint density at radius 3 is 2.69 bits per heavy atom. The number of benzene rings is 1. The molecule has 0 aliphatic rings. The van der Waals surface area contributed by atoms with Gasteiger partial charge in [-0.05, 0) is 19.1 Å². The van der Waals surface area contributed by atoms with E-state index in [2.05, 4.69) is 15.3 Å². The van der Waals surface area contributed by atoms with Gasteiger partial charge in [0.25, 0.3) is 11.6 Å². The molecule has 0 saturated heterocycles. The lowest BCUT2D eigenvalue weighted by Crippen LogP contribution is -2.23. The molecule has 9 nitrogen and oxygen atoms in total. The van der Waals surface area contributed by atoms with Crippen LogP contribution in [-0.4, -0.2) is 34.5 Å². The molecule has 0 radical (unpaired) electrons. The summed E-state index contributed by atoms with van der Waals surface area (Å²) < 4.78 is 10.5. The normalized spacial score (nSPS) is 10.4. The highest BCUT2D eigenvalue weighted by Gasteiger charge is 2.24. The molecule has 0 aliphatic carbocycles. The summed E-state index contributed by atoms with van der Waals surface area (Å²) in [6, 6.07) is 6.19. The Kier molecular flexibility index (Phi) is 6.35. The van der Waals surface area contributed by atoms with Crippen LogP contribution in [0.5, 0.6) is 11.5 Å². The van der Waals surface area contributed by atoms with Gasteiger partial charge in [0.1, 0.15) is 10.6 Å². The molecule has 0 atom stereocenters. The zero-order chi connectivity index (χ0) is 20.8. The number of rotatable bonds is 8. The maximum absolute atomic E-state index is 12.6. The van der Waals surface area contributed by atoms with E-state index in [9.17, 15) is 14.9 Å². The number of nitrogens with zero attached hydrogens (tertiary/aromatic N) is 3. The Balaban J connectivity index is 1.79. The number of carbonyl (C=O) groups excluding carboxylic acids is 1. The number of methoxy groups -OCH3 is 1. The fraction of sp³-hybridized carbons (Fsp3) is 0.211. The Hall–Kier alpha value is -3.53. The summed E-state index contributed by atoms with van der Waals surface area (Å²) in [5, 5.41) is 16.6. The van der Waals surface area contributed by atoms with E-state index in [-0.39, 0.29) is 29.3 Å². The molecule has 0 unspecified atom stereocenters. The Morgan fingerprint density at radius 2 is 2.03 bits per heavy atom. The molecule has 150 valence electrons. The predicted molar refractivity (Wildman–Crippen MR) is 107 cm³/mol. The van der Waals surface area contributed by atoms with Crippen LogP contribution in [0.25, 0.3) is 11.3 Å². The monoisotopic (exact) mass is 414 g/mol. The number of pyridine rings is 1. The van der Waals surface area contributed by atoms with E-state index < -0.39 is 10.8 Å². The van der Waals surface area contributed by atoms with Crippen molar-refractivity contribution < 1.29 is 19.2 Å². The minimum atomic E-state index is -0.627. The zero-order valence-corrected chi connectivity index (χ0v) is 16.6. The first kappa shape index (κ1) is 20.2. The highest BCUT2D eigenvalue weighted by Crippen LogP contribution is 2.34. The molecule has 1 aromatic carbocycles. The topological polar surface area (TPSA) is 116 Å². The van der Waals surface area contributed by atoms with Crippen molar-refractivity contribution in [2.45, 2.75) is 13.5 Å². The van der Waals surface area contributed by atoms with E-state index in [1.165, 1.54) is 30.6 Å². The molecule has 0 aliphatic heterocycles. The second-order valence-corrected chi connectivity index (χ2v) is 6.70. The predicted octanol–water partition coefficient (Wildman–Crippen LogP) is 3.45. The Labute approximate surface area is 170 Å². The van der Waals surface area contributed by atoms with Gasteiger partial charge in [-0.1, -0.05) is 0 Å². The van der Waals surface area contributed by atoms with Crippen LogP contribution >= 0.6 is 11.3 Å². The number of aromatic nitrogens is 2. The van der Waals surface area contributed by atoms with Gasteiger partial charge in [-0.3, -0.25) is 19.9 Å². The van der Waals surface area contributed by atoms with Crippen LogP contribution in [0.3, 0.4) is 0 Å². The van der Waals surface area contributed by atoms with E-state index >= 15 is 0 Å². The van der Waals surface area contributed by atoms with Crippen LogP contribution in [0, 0.1) is 10.1 Å². The van der Waals surface area contributed by atoms with Crippen molar-refractivity contribution in [1.29, 1.82) is 0 Å². The van der Waals surface area contributed by atoms with Gasteiger partial charge < -0.3 is 14.8 Å². The van der Waals surface area contributed by atoms with Gasteiger partial charge in [-0.25, -0.2) is 4.98 Å². The number of thiazole rings is 1. The quantitative estimate of drug-likeness (QED) is 0.443. The maximum atomic E-state index is 12.6. The van der Waals surface area contributed by atoms with Crippen molar-refractivity contribution in [3.8, 4) is 22.8 Å². The van der Waals surface area contributed by atoms with Crippen LogP contribution in [0.15, 0.2) is 42.0 Å². The lowest BCUT2D eigenvalue weighted by Gasteiger charge is -2.11. The lowest BCUT2D eigenvalue weighted by atomic mass is 10.1. The maximum Gasteiger partial charge on any atom is 0.286 e. The van der Waals surface area contributed by atoms with E-state index in [0.717, 1.165) is 11.3 Å². The molecule has 3 rings (SSSR count). The van der Waals surface area contributed by atoms with E-state index in [4.69, 9.17) is 9.47 Å². The van der Waals surface area contributed by atoms with Crippen molar-refractivity contribution in [1.82, 2.24) is 15.3 Å². The third-order valence-corrected chi connectivity index (χ3v) is 4.80. The van der Waals surface area contributed by atoms with E-state index in [0.29, 0.717) is 11.6 Å². The van der Waals surface area contributed by atoms with Crippen LogP contribution < -0.4 is 14.8 Å². The minimum Gasteiger partial charge on any atom is -0.493 e. The standard InChI is InChI=1S/C19H18N4O5S/c1-3-28-17-8-13(15(23(25)26)9-16(17)27-2)19(24)21-10-18-22-14(11-29-18)12-4-6-20-7-5-12/h4-9,11H,3,10H2,1-2H3,(H,21,24). The average Bonchev–Trinajstić information content (AvgIpc) is 3.21. The molecule has 0 fully saturated rings. The molecular formula is C19H18N4O5S. The second-order valence-electron chi connectivity index (χ2n) is 5.76. The van der Waals surface area contributed by atoms with Crippen LogP contribution in [0.1, 0.15) is 22.3 Å². The summed E-state index contributed by atoms with van der Waals surface area (Å²) >= 11 is 1.38. The first-order chi connectivity index (χ1) is 14.0. The van der Waals surface area contributed by atoms with Gasteiger partial charge in [0.05, 0.1) is 36.9 Å². The first-order valence-corrected chi connectivity index (χ1v) is 9.53. The highest BCUT2D eigenvalue weighted by molar-refractivity contribution is 7.09. The SMILES string of the molecule is CCOc1cc(C(=O)NCc2nc(-c3ccncc3)cs2)c([N+](=O)[O-])cc1OC. The Morgan fingerprint density at radius 1 is 1.28 bits per heavy atom. The zero-order valence-electron chi connectivity index (χ0n) is 15.7. The molecule has 3 aromatic rings. The molecule has 0 saturated carbocycles. The number of nitrogens with one attached hydrogen (secondary N) is 1. The first-order valence-electron chi connectivity index (χ1n) is 8.65. The fourth-order valence-corrected chi connectivity index (χ4v) is 3.35. The van der Waals surface area contributed by atoms with Crippen LogP contribution in [0.4, 0.5) is 5.69 Å². The van der Waals surface area contributed by atoms with Crippen molar-refractivity contribution in [3.63, 3.8) is 0 Å². The fourth-order valence-electron chi connectivity index (χ4n) is 2.61. The molecule has 0 spiro atoms. The third-order valence-electron chi connectivity index (χ3n) is 3.95. The van der Waals surface area contributed by atoms with Crippen molar-refractivity contribution >= 4 is 22.9 Å². The van der Waals surface area contributed by atoms with Crippen molar-refractivity contribution in [2.24, 2.45) is 0 Å². The summed E-state index contributed by atoms with van der Waals surface area (Å²) in [6.45, 7) is 2.23. The summed E-state index contributed by atoms with van der Waals surface area (Å²) in [6.07, 6.45) is 3.35. The van der Waals surface area contributed by atoms with Gasteiger partial charge >= 0.3 is 0 Å². The summed E-state index contributed by atoms with van der Waals surface area (Å²) in [4.78, 5) is 31.9. The summed E-state index contributed by atoms with van der Waals surface area (Å²) in [5.74, 6) is -0.141. The largest absolute Gasteiger partial charge is 0.493 e. The lowest BCUT2D eigenvalue weighted by molar-refractivity contribution is -0.385. The van der Waals surface area contributed by atoms with Crippen LogP contribution in [-0.2, 0) is 6.54 Å². The number of ether oxygens (including phenoxy) is 2. The molecule has 2 aromatic heterocycles. The minimum absolute atomic E-state index is 0.106. The number of nitro groups is 1. The second kappa shape index (κ2) is 9.11. The number of carbonyl (C=O) groups is 1. The summed E-state index contributed by atoms with van der Waals surface area (Å²) in [5.41, 5.74) is 1.22. The van der Waals surface area contributed by atoms with Gasteiger partial charge in [0, 0.05) is 29.4 Å². The highest BCUT2D eigenvalue weighted by atomic mass is 32.1.